The maximum Gasteiger partial charge on any atom is 0.316 e. The van der Waals surface area contributed by atoms with Gasteiger partial charge in [-0.05, 0) is 50.3 Å². The summed E-state index contributed by atoms with van der Waals surface area (Å²) in [6.07, 6.45) is 5.98. The van der Waals surface area contributed by atoms with Gasteiger partial charge in [-0.2, -0.15) is 0 Å². The van der Waals surface area contributed by atoms with Crippen LogP contribution < -0.4 is 0 Å². The highest BCUT2D eigenvalue weighted by molar-refractivity contribution is 5.85. The minimum Gasteiger partial charge on any atom is -0.468 e. The molecule has 1 aliphatic heterocycles. The zero-order valence-corrected chi connectivity index (χ0v) is 14.1. The van der Waals surface area contributed by atoms with Crippen LogP contribution in [0.15, 0.2) is 30.3 Å². The molecule has 2 aliphatic rings. The Morgan fingerprint density at radius 2 is 1.91 bits per heavy atom. The van der Waals surface area contributed by atoms with E-state index >= 15 is 0 Å². The average molecular weight is 324 g/mol. The number of esters is 1. The van der Waals surface area contributed by atoms with Gasteiger partial charge in [0, 0.05) is 6.54 Å². The van der Waals surface area contributed by atoms with Crippen molar-refractivity contribution in [1.29, 1.82) is 0 Å². The Labute approximate surface area is 139 Å². The smallest absolute Gasteiger partial charge is 0.316 e. The van der Waals surface area contributed by atoms with Gasteiger partial charge in [0.05, 0.1) is 12.5 Å². The lowest BCUT2D eigenvalue weighted by Gasteiger charge is -2.49. The number of carbonyl (C=O) groups is 1. The number of hydrogen-bond acceptors (Lipinski definition) is 3. The van der Waals surface area contributed by atoms with Crippen LogP contribution in [0.2, 0.25) is 0 Å². The lowest BCUT2D eigenvalue weighted by atomic mass is 9.56. The van der Waals surface area contributed by atoms with Crippen LogP contribution in [0.5, 0.6) is 0 Å². The van der Waals surface area contributed by atoms with Crippen molar-refractivity contribution in [2.75, 3.05) is 26.7 Å². The molecule has 2 unspecified atom stereocenters. The van der Waals surface area contributed by atoms with Crippen LogP contribution in [0, 0.1) is 5.92 Å². The van der Waals surface area contributed by atoms with Crippen LogP contribution in [0.25, 0.3) is 0 Å². The number of benzene rings is 1. The molecule has 0 bridgehead atoms. The van der Waals surface area contributed by atoms with E-state index in [-0.39, 0.29) is 18.4 Å². The summed E-state index contributed by atoms with van der Waals surface area (Å²) in [5, 5.41) is 0. The van der Waals surface area contributed by atoms with Crippen LogP contribution >= 0.6 is 12.4 Å². The summed E-state index contributed by atoms with van der Waals surface area (Å²) in [6, 6.07) is 10.2. The van der Waals surface area contributed by atoms with Crippen molar-refractivity contribution in [2.45, 2.75) is 37.5 Å². The quantitative estimate of drug-likeness (QED) is 0.795. The van der Waals surface area contributed by atoms with E-state index in [1.54, 1.807) is 0 Å². The molecule has 1 saturated carbocycles. The number of likely N-dealkylation sites (tertiary alicyclic amines) is 1. The Kier molecular flexibility index (Phi) is 5.87. The molecule has 0 radical (unpaired) electrons. The minimum absolute atomic E-state index is 0. The molecular formula is C18H26ClNO2. The Hall–Kier alpha value is -1.06. The van der Waals surface area contributed by atoms with E-state index in [0.717, 1.165) is 24.9 Å². The molecule has 2 atom stereocenters. The third kappa shape index (κ3) is 3.02. The molecule has 1 aromatic carbocycles. The molecule has 1 aliphatic carbocycles. The predicted octanol–water partition coefficient (Wildman–Crippen LogP) is 3.42. The molecule has 2 fully saturated rings. The summed E-state index contributed by atoms with van der Waals surface area (Å²) in [7, 11) is 1.52. The second-order valence-corrected chi connectivity index (χ2v) is 6.43. The van der Waals surface area contributed by atoms with E-state index in [4.69, 9.17) is 4.74 Å². The Balaban J connectivity index is 0.00000176. The van der Waals surface area contributed by atoms with Gasteiger partial charge >= 0.3 is 5.97 Å². The molecule has 3 nitrogen and oxygen atoms in total. The first-order valence-corrected chi connectivity index (χ1v) is 8.13. The van der Waals surface area contributed by atoms with E-state index in [9.17, 15) is 4.79 Å². The number of nitrogens with zero attached hydrogens (tertiary/aromatic N) is 1. The average Bonchev–Trinajstić information content (AvgIpc) is 2.54. The SMILES string of the molecule is COC(=O)C1(c2ccccc2)CCC1CN1CCCCC1.Cl. The summed E-state index contributed by atoms with van der Waals surface area (Å²) in [6.45, 7) is 3.40. The van der Waals surface area contributed by atoms with Crippen LogP contribution in [0.3, 0.4) is 0 Å². The van der Waals surface area contributed by atoms with Gasteiger partial charge < -0.3 is 9.64 Å². The molecule has 1 heterocycles. The molecule has 122 valence electrons. The van der Waals surface area contributed by atoms with Gasteiger partial charge in [-0.3, -0.25) is 4.79 Å². The number of hydrogen-bond donors (Lipinski definition) is 0. The lowest BCUT2D eigenvalue weighted by molar-refractivity contribution is -0.156. The second-order valence-electron chi connectivity index (χ2n) is 6.43. The Bertz CT molecular complexity index is 487. The molecule has 1 aromatic rings. The van der Waals surface area contributed by atoms with E-state index < -0.39 is 5.41 Å². The summed E-state index contributed by atoms with van der Waals surface area (Å²) < 4.78 is 5.17. The van der Waals surface area contributed by atoms with E-state index in [1.807, 2.05) is 18.2 Å². The van der Waals surface area contributed by atoms with Crippen LogP contribution in [0.4, 0.5) is 0 Å². The summed E-state index contributed by atoms with van der Waals surface area (Å²) in [5.74, 6) is 0.340. The molecular weight excluding hydrogens is 298 g/mol. The fraction of sp³-hybridized carbons (Fsp3) is 0.611. The van der Waals surface area contributed by atoms with Gasteiger partial charge in [0.25, 0.3) is 0 Å². The molecule has 0 aromatic heterocycles. The number of ether oxygens (including phenoxy) is 1. The topological polar surface area (TPSA) is 29.5 Å². The molecule has 0 spiro atoms. The first kappa shape index (κ1) is 17.3. The zero-order chi connectivity index (χ0) is 14.7. The third-order valence-corrected chi connectivity index (χ3v) is 5.35. The lowest BCUT2D eigenvalue weighted by Crippen LogP contribution is -2.55. The molecule has 0 amide bonds. The van der Waals surface area contributed by atoms with Crippen LogP contribution in [0.1, 0.15) is 37.7 Å². The van der Waals surface area contributed by atoms with Crippen molar-refractivity contribution >= 4 is 18.4 Å². The molecule has 22 heavy (non-hydrogen) atoms. The summed E-state index contributed by atoms with van der Waals surface area (Å²) >= 11 is 0. The fourth-order valence-electron chi connectivity index (χ4n) is 4.02. The van der Waals surface area contributed by atoms with Crippen molar-refractivity contribution in [3.05, 3.63) is 35.9 Å². The molecule has 0 N–H and O–H groups in total. The number of methoxy groups -OCH3 is 1. The summed E-state index contributed by atoms with van der Waals surface area (Å²) in [4.78, 5) is 15.1. The maximum atomic E-state index is 12.5. The zero-order valence-electron chi connectivity index (χ0n) is 13.3. The van der Waals surface area contributed by atoms with Gasteiger partial charge in [0.1, 0.15) is 0 Å². The second kappa shape index (κ2) is 7.47. The fourth-order valence-corrected chi connectivity index (χ4v) is 4.02. The number of rotatable bonds is 4. The van der Waals surface area contributed by atoms with Crippen molar-refractivity contribution in [3.63, 3.8) is 0 Å². The largest absolute Gasteiger partial charge is 0.468 e. The van der Waals surface area contributed by atoms with Crippen molar-refractivity contribution in [2.24, 2.45) is 5.92 Å². The Morgan fingerprint density at radius 1 is 1.23 bits per heavy atom. The normalized spacial score (nSPS) is 28.3. The van der Waals surface area contributed by atoms with Gasteiger partial charge in [-0.1, -0.05) is 36.8 Å². The van der Waals surface area contributed by atoms with Gasteiger partial charge in [-0.15, -0.1) is 12.4 Å². The maximum absolute atomic E-state index is 12.5. The van der Waals surface area contributed by atoms with Crippen molar-refractivity contribution in [3.8, 4) is 0 Å². The third-order valence-electron chi connectivity index (χ3n) is 5.35. The summed E-state index contributed by atoms with van der Waals surface area (Å²) in [5.41, 5.74) is 0.720. The van der Waals surface area contributed by atoms with Gasteiger partial charge in [0.2, 0.25) is 0 Å². The van der Waals surface area contributed by atoms with E-state index in [1.165, 1.54) is 39.5 Å². The van der Waals surface area contributed by atoms with Crippen molar-refractivity contribution < 1.29 is 9.53 Å². The van der Waals surface area contributed by atoms with Crippen molar-refractivity contribution in [1.82, 2.24) is 4.90 Å². The first-order valence-electron chi connectivity index (χ1n) is 8.13. The number of carbonyl (C=O) groups excluding carboxylic acids is 1. The monoisotopic (exact) mass is 323 g/mol. The minimum atomic E-state index is -0.409. The molecule has 3 rings (SSSR count). The highest BCUT2D eigenvalue weighted by Gasteiger charge is 2.54. The Morgan fingerprint density at radius 3 is 2.45 bits per heavy atom. The van der Waals surface area contributed by atoms with Crippen LogP contribution in [-0.2, 0) is 14.9 Å². The first-order chi connectivity index (χ1) is 10.3. The standard InChI is InChI=1S/C18H25NO2.ClH/c1-21-17(20)18(15-8-4-2-5-9-15)11-10-16(18)14-19-12-6-3-7-13-19;/h2,4-5,8-9,16H,3,6-7,10-14H2,1H3;1H. The van der Waals surface area contributed by atoms with Gasteiger partial charge in [0.15, 0.2) is 0 Å². The van der Waals surface area contributed by atoms with Gasteiger partial charge in [-0.25, -0.2) is 0 Å². The number of piperidine rings is 1. The number of halogens is 1. The van der Waals surface area contributed by atoms with E-state index in [0.29, 0.717) is 5.92 Å². The highest BCUT2D eigenvalue weighted by Crippen LogP contribution is 2.50. The molecule has 4 heteroatoms. The highest BCUT2D eigenvalue weighted by atomic mass is 35.5. The predicted molar refractivity (Wildman–Crippen MR) is 90.4 cm³/mol. The van der Waals surface area contributed by atoms with Crippen LogP contribution in [-0.4, -0.2) is 37.6 Å². The molecule has 1 saturated heterocycles. The van der Waals surface area contributed by atoms with E-state index in [2.05, 4.69) is 17.0 Å².